The summed E-state index contributed by atoms with van der Waals surface area (Å²) in [5, 5.41) is 3.14. The van der Waals surface area contributed by atoms with E-state index in [9.17, 15) is 0 Å². The van der Waals surface area contributed by atoms with E-state index in [4.69, 9.17) is 9.47 Å². The van der Waals surface area contributed by atoms with Crippen LogP contribution in [0.3, 0.4) is 0 Å². The predicted molar refractivity (Wildman–Crippen MR) is 52.2 cm³/mol. The van der Waals surface area contributed by atoms with E-state index >= 15 is 0 Å². The molecule has 0 amide bonds. The first-order valence-electron chi connectivity index (χ1n) is 4.46. The highest BCUT2D eigenvalue weighted by Gasteiger charge is 2.18. The molecule has 0 aromatic rings. The van der Waals surface area contributed by atoms with Crippen molar-refractivity contribution < 1.29 is 9.47 Å². The molecular formula is C10H17NO2. The predicted octanol–water partition coefficient (Wildman–Crippen LogP) is 1.29. The van der Waals surface area contributed by atoms with E-state index in [0.29, 0.717) is 5.92 Å². The summed E-state index contributed by atoms with van der Waals surface area (Å²) < 4.78 is 10.4. The second kappa shape index (κ2) is 4.92. The van der Waals surface area contributed by atoms with Gasteiger partial charge in [-0.3, -0.25) is 0 Å². The molecule has 0 radical (unpaired) electrons. The standard InChI is InChI=1S/C10H17NO2/c1-11-7-8-4-5-9(12-2)6-10(8)13-3/h5-6,8,11H,4,7H2,1-3H3. The van der Waals surface area contributed by atoms with Crippen molar-refractivity contribution in [1.82, 2.24) is 5.32 Å². The van der Waals surface area contributed by atoms with E-state index in [-0.39, 0.29) is 0 Å². The highest BCUT2D eigenvalue weighted by atomic mass is 16.5. The van der Waals surface area contributed by atoms with E-state index in [1.807, 2.05) is 13.1 Å². The van der Waals surface area contributed by atoms with Crippen LogP contribution in [0.2, 0.25) is 0 Å². The molecule has 0 spiro atoms. The summed E-state index contributed by atoms with van der Waals surface area (Å²) in [6, 6.07) is 0. The topological polar surface area (TPSA) is 30.5 Å². The van der Waals surface area contributed by atoms with Gasteiger partial charge in [-0.05, 0) is 19.5 Å². The molecule has 1 aliphatic rings. The van der Waals surface area contributed by atoms with Gasteiger partial charge < -0.3 is 14.8 Å². The van der Waals surface area contributed by atoms with E-state index in [2.05, 4.69) is 11.4 Å². The van der Waals surface area contributed by atoms with Gasteiger partial charge in [0.25, 0.3) is 0 Å². The van der Waals surface area contributed by atoms with Crippen LogP contribution in [0.15, 0.2) is 23.7 Å². The van der Waals surface area contributed by atoms with Gasteiger partial charge in [-0.2, -0.15) is 0 Å². The van der Waals surface area contributed by atoms with Crippen LogP contribution in [0, 0.1) is 5.92 Å². The number of hydrogen-bond acceptors (Lipinski definition) is 3. The summed E-state index contributed by atoms with van der Waals surface area (Å²) in [7, 11) is 5.32. The summed E-state index contributed by atoms with van der Waals surface area (Å²) in [5.74, 6) is 2.33. The summed E-state index contributed by atoms with van der Waals surface area (Å²) >= 11 is 0. The van der Waals surface area contributed by atoms with Gasteiger partial charge in [0.1, 0.15) is 11.5 Å². The molecule has 0 aromatic carbocycles. The zero-order valence-electron chi connectivity index (χ0n) is 8.46. The first-order valence-corrected chi connectivity index (χ1v) is 4.46. The summed E-state index contributed by atoms with van der Waals surface area (Å²) in [6.45, 7) is 0.938. The molecule has 1 N–H and O–H groups in total. The zero-order valence-corrected chi connectivity index (χ0v) is 8.46. The average molecular weight is 183 g/mol. The third-order valence-electron chi connectivity index (χ3n) is 2.21. The molecule has 0 saturated carbocycles. The number of ether oxygens (including phenoxy) is 2. The molecule has 0 saturated heterocycles. The van der Waals surface area contributed by atoms with Crippen molar-refractivity contribution in [3.05, 3.63) is 23.7 Å². The fraction of sp³-hybridized carbons (Fsp3) is 0.600. The average Bonchev–Trinajstić information content (AvgIpc) is 2.19. The molecular weight excluding hydrogens is 166 g/mol. The quantitative estimate of drug-likeness (QED) is 0.712. The Labute approximate surface area is 79.4 Å². The molecule has 0 heterocycles. The smallest absolute Gasteiger partial charge is 0.118 e. The third-order valence-corrected chi connectivity index (χ3v) is 2.21. The normalized spacial score (nSPS) is 21.9. The van der Waals surface area contributed by atoms with E-state index in [1.165, 1.54) is 0 Å². The maximum absolute atomic E-state index is 5.29. The minimum Gasteiger partial charge on any atom is -0.501 e. The highest BCUT2D eigenvalue weighted by Crippen LogP contribution is 2.23. The van der Waals surface area contributed by atoms with Crippen molar-refractivity contribution in [2.45, 2.75) is 6.42 Å². The summed E-state index contributed by atoms with van der Waals surface area (Å²) in [5.41, 5.74) is 0. The fourth-order valence-corrected chi connectivity index (χ4v) is 1.49. The van der Waals surface area contributed by atoms with Crippen molar-refractivity contribution in [3.63, 3.8) is 0 Å². The molecule has 3 heteroatoms. The Bertz CT molecular complexity index is 221. The van der Waals surface area contributed by atoms with Crippen LogP contribution < -0.4 is 5.32 Å². The molecule has 74 valence electrons. The monoisotopic (exact) mass is 183 g/mol. The minimum atomic E-state index is 0.439. The molecule has 1 unspecified atom stereocenters. The molecule has 0 aliphatic heterocycles. The van der Waals surface area contributed by atoms with Crippen molar-refractivity contribution in [2.75, 3.05) is 27.8 Å². The number of nitrogens with one attached hydrogen (secondary N) is 1. The van der Waals surface area contributed by atoms with Crippen LogP contribution in [-0.4, -0.2) is 27.8 Å². The number of methoxy groups -OCH3 is 2. The molecule has 0 bridgehead atoms. The molecule has 1 rings (SSSR count). The Morgan fingerprint density at radius 3 is 2.77 bits per heavy atom. The van der Waals surface area contributed by atoms with Gasteiger partial charge in [0, 0.05) is 18.5 Å². The van der Waals surface area contributed by atoms with Crippen LogP contribution in [0.4, 0.5) is 0 Å². The second-order valence-corrected chi connectivity index (χ2v) is 3.05. The first-order chi connectivity index (χ1) is 6.31. The van der Waals surface area contributed by atoms with Crippen LogP contribution in [0.1, 0.15) is 6.42 Å². The zero-order chi connectivity index (χ0) is 9.68. The Morgan fingerprint density at radius 1 is 1.46 bits per heavy atom. The Kier molecular flexibility index (Phi) is 3.83. The van der Waals surface area contributed by atoms with Crippen LogP contribution in [0.5, 0.6) is 0 Å². The van der Waals surface area contributed by atoms with Crippen molar-refractivity contribution in [1.29, 1.82) is 0 Å². The maximum Gasteiger partial charge on any atom is 0.118 e. The Morgan fingerprint density at radius 2 is 2.23 bits per heavy atom. The van der Waals surface area contributed by atoms with E-state index in [0.717, 1.165) is 24.5 Å². The van der Waals surface area contributed by atoms with Crippen molar-refractivity contribution >= 4 is 0 Å². The highest BCUT2D eigenvalue weighted by molar-refractivity contribution is 5.22. The largest absolute Gasteiger partial charge is 0.501 e. The molecule has 1 aliphatic carbocycles. The van der Waals surface area contributed by atoms with Crippen LogP contribution in [0.25, 0.3) is 0 Å². The lowest BCUT2D eigenvalue weighted by atomic mass is 9.98. The van der Waals surface area contributed by atoms with Gasteiger partial charge >= 0.3 is 0 Å². The lowest BCUT2D eigenvalue weighted by Gasteiger charge is -2.21. The molecule has 1 atom stereocenters. The van der Waals surface area contributed by atoms with Crippen LogP contribution in [-0.2, 0) is 9.47 Å². The lowest BCUT2D eigenvalue weighted by Crippen LogP contribution is -2.22. The van der Waals surface area contributed by atoms with Gasteiger partial charge in [0.2, 0.25) is 0 Å². The Balaban J connectivity index is 2.65. The van der Waals surface area contributed by atoms with Crippen molar-refractivity contribution in [2.24, 2.45) is 5.92 Å². The minimum absolute atomic E-state index is 0.439. The van der Waals surface area contributed by atoms with Gasteiger partial charge in [0.05, 0.1) is 14.2 Å². The maximum atomic E-state index is 5.29. The summed E-state index contributed by atoms with van der Waals surface area (Å²) in [6.07, 6.45) is 5.01. The molecule has 13 heavy (non-hydrogen) atoms. The first kappa shape index (κ1) is 10.1. The van der Waals surface area contributed by atoms with Gasteiger partial charge in [-0.15, -0.1) is 0 Å². The number of hydrogen-bond donors (Lipinski definition) is 1. The number of rotatable bonds is 4. The molecule has 3 nitrogen and oxygen atoms in total. The summed E-state index contributed by atoms with van der Waals surface area (Å²) in [4.78, 5) is 0. The van der Waals surface area contributed by atoms with Gasteiger partial charge in [-0.1, -0.05) is 0 Å². The van der Waals surface area contributed by atoms with Crippen LogP contribution >= 0.6 is 0 Å². The third kappa shape index (κ3) is 2.49. The van der Waals surface area contributed by atoms with Gasteiger partial charge in [-0.25, -0.2) is 0 Å². The second-order valence-electron chi connectivity index (χ2n) is 3.05. The number of allylic oxidation sites excluding steroid dienone is 2. The van der Waals surface area contributed by atoms with E-state index in [1.54, 1.807) is 14.2 Å². The SMILES string of the molecule is CNCC1CC=C(OC)C=C1OC. The van der Waals surface area contributed by atoms with E-state index < -0.39 is 0 Å². The Hall–Kier alpha value is -0.960. The fourth-order valence-electron chi connectivity index (χ4n) is 1.49. The van der Waals surface area contributed by atoms with Gasteiger partial charge in [0.15, 0.2) is 0 Å². The lowest BCUT2D eigenvalue weighted by molar-refractivity contribution is 0.224. The van der Waals surface area contributed by atoms with Crippen molar-refractivity contribution in [3.8, 4) is 0 Å². The molecule has 0 aromatic heterocycles. The molecule has 0 fully saturated rings.